The van der Waals surface area contributed by atoms with Gasteiger partial charge in [0.2, 0.25) is 0 Å². The zero-order valence-electron chi connectivity index (χ0n) is 17.4. The first-order chi connectivity index (χ1) is 15.2. The number of ether oxygens (including phenoxy) is 3. The van der Waals surface area contributed by atoms with Gasteiger partial charge in [-0.15, -0.1) is 6.58 Å². The van der Waals surface area contributed by atoms with Crippen LogP contribution in [0.25, 0.3) is 10.4 Å². The van der Waals surface area contributed by atoms with Crippen molar-refractivity contribution in [3.05, 3.63) is 94.9 Å². The fourth-order valence-electron chi connectivity index (χ4n) is 3.64. The number of nitrogens with zero attached hydrogens (tertiary/aromatic N) is 3. The van der Waals surface area contributed by atoms with Gasteiger partial charge in [0.15, 0.2) is 0 Å². The van der Waals surface area contributed by atoms with E-state index in [1.807, 2.05) is 60.7 Å². The van der Waals surface area contributed by atoms with E-state index < -0.39 is 24.4 Å². The number of carbonyl (C=O) groups excluding carboxylic acids is 1. The van der Waals surface area contributed by atoms with Gasteiger partial charge in [0, 0.05) is 17.8 Å². The summed E-state index contributed by atoms with van der Waals surface area (Å²) in [7, 11) is 0. The fourth-order valence-corrected chi connectivity index (χ4v) is 3.64. The lowest BCUT2D eigenvalue weighted by Gasteiger charge is -2.25. The number of rotatable bonds is 12. The largest absolute Gasteiger partial charge is 0.369 e. The Morgan fingerprint density at radius 1 is 1.00 bits per heavy atom. The lowest BCUT2D eigenvalue weighted by Crippen LogP contribution is -2.39. The van der Waals surface area contributed by atoms with Crippen molar-refractivity contribution in [3.8, 4) is 0 Å². The van der Waals surface area contributed by atoms with E-state index in [1.54, 1.807) is 6.08 Å². The fraction of sp³-hybridized carbons (Fsp3) is 0.375. The molecular formula is C24H27N3O4. The number of hydrogen-bond donors (Lipinski definition) is 0. The van der Waals surface area contributed by atoms with Crippen LogP contribution >= 0.6 is 0 Å². The number of azide groups is 1. The smallest absolute Gasteiger partial charge is 0.139 e. The number of ketones is 1. The maximum atomic E-state index is 12.3. The third-order valence-corrected chi connectivity index (χ3v) is 5.10. The molecule has 0 aromatic heterocycles. The predicted molar refractivity (Wildman–Crippen MR) is 117 cm³/mol. The van der Waals surface area contributed by atoms with Crippen LogP contribution in [0.1, 0.15) is 24.0 Å². The molecule has 7 nitrogen and oxygen atoms in total. The molecule has 0 spiro atoms. The van der Waals surface area contributed by atoms with Crippen LogP contribution < -0.4 is 0 Å². The molecule has 3 rings (SSSR count). The molecule has 1 fully saturated rings. The molecule has 2 aromatic rings. The summed E-state index contributed by atoms with van der Waals surface area (Å²) in [5.74, 6) is 0.0135. The Balaban J connectivity index is 1.78. The molecule has 1 saturated heterocycles. The third-order valence-electron chi connectivity index (χ3n) is 5.10. The van der Waals surface area contributed by atoms with Gasteiger partial charge in [-0.25, -0.2) is 0 Å². The first-order valence-corrected chi connectivity index (χ1v) is 10.3. The summed E-state index contributed by atoms with van der Waals surface area (Å²) in [4.78, 5) is 15.2. The monoisotopic (exact) mass is 421 g/mol. The second-order valence-corrected chi connectivity index (χ2v) is 7.38. The van der Waals surface area contributed by atoms with Gasteiger partial charge in [0.25, 0.3) is 0 Å². The van der Waals surface area contributed by atoms with Gasteiger partial charge in [-0.05, 0) is 16.7 Å². The van der Waals surface area contributed by atoms with Crippen LogP contribution in [0.4, 0.5) is 0 Å². The molecule has 0 aliphatic carbocycles. The van der Waals surface area contributed by atoms with Gasteiger partial charge < -0.3 is 14.2 Å². The first-order valence-electron chi connectivity index (χ1n) is 10.3. The minimum Gasteiger partial charge on any atom is -0.369 e. The van der Waals surface area contributed by atoms with Crippen LogP contribution in [0.2, 0.25) is 0 Å². The molecule has 0 N–H and O–H groups in total. The maximum Gasteiger partial charge on any atom is 0.139 e. The van der Waals surface area contributed by atoms with E-state index in [9.17, 15) is 4.79 Å². The maximum absolute atomic E-state index is 12.3. The molecule has 2 aromatic carbocycles. The molecule has 0 amide bonds. The molecule has 1 aliphatic heterocycles. The van der Waals surface area contributed by atoms with Crippen LogP contribution in [0.15, 0.2) is 78.4 Å². The number of allylic oxidation sites excluding steroid dienone is 1. The molecule has 0 saturated carbocycles. The molecule has 31 heavy (non-hydrogen) atoms. The zero-order chi connectivity index (χ0) is 21.9. The van der Waals surface area contributed by atoms with Crippen molar-refractivity contribution in [2.45, 2.75) is 50.5 Å². The molecule has 0 bridgehead atoms. The van der Waals surface area contributed by atoms with Crippen molar-refractivity contribution in [3.63, 3.8) is 0 Å². The number of benzene rings is 2. The summed E-state index contributed by atoms with van der Waals surface area (Å²) >= 11 is 0. The average molecular weight is 421 g/mol. The quantitative estimate of drug-likeness (QED) is 0.213. The average Bonchev–Trinajstić information content (AvgIpc) is 3.12. The molecule has 7 heteroatoms. The van der Waals surface area contributed by atoms with Gasteiger partial charge in [0.05, 0.1) is 32.0 Å². The Morgan fingerprint density at radius 2 is 1.55 bits per heavy atom. The summed E-state index contributed by atoms with van der Waals surface area (Å²) in [6.45, 7) is 4.46. The summed E-state index contributed by atoms with van der Waals surface area (Å²) in [6, 6.07) is 19.6. The number of carbonyl (C=O) groups is 1. The van der Waals surface area contributed by atoms with Crippen molar-refractivity contribution in [2.24, 2.45) is 5.11 Å². The topological polar surface area (TPSA) is 93.5 Å². The minimum absolute atomic E-state index is 0.0135. The number of Topliss-reactive ketones (excluding diaryl/α,β-unsaturated/α-hetero) is 1. The second kappa shape index (κ2) is 12.0. The van der Waals surface area contributed by atoms with Crippen LogP contribution in [0.3, 0.4) is 0 Å². The van der Waals surface area contributed by atoms with E-state index in [-0.39, 0.29) is 25.2 Å². The van der Waals surface area contributed by atoms with E-state index in [0.29, 0.717) is 13.2 Å². The van der Waals surface area contributed by atoms with Crippen molar-refractivity contribution < 1.29 is 19.0 Å². The Kier molecular flexibility index (Phi) is 8.82. The van der Waals surface area contributed by atoms with Gasteiger partial charge >= 0.3 is 0 Å². The number of hydrogen-bond acceptors (Lipinski definition) is 5. The predicted octanol–water partition coefficient (Wildman–Crippen LogP) is 4.77. The Bertz CT molecular complexity index is 884. The Labute approximate surface area is 182 Å². The van der Waals surface area contributed by atoms with Gasteiger partial charge in [0.1, 0.15) is 18.0 Å². The van der Waals surface area contributed by atoms with E-state index >= 15 is 0 Å². The van der Waals surface area contributed by atoms with Crippen LogP contribution in [-0.2, 0) is 32.2 Å². The normalized spacial score (nSPS) is 22.6. The van der Waals surface area contributed by atoms with E-state index in [0.717, 1.165) is 11.1 Å². The molecule has 162 valence electrons. The van der Waals surface area contributed by atoms with Crippen LogP contribution in [0, 0.1) is 0 Å². The van der Waals surface area contributed by atoms with Crippen LogP contribution in [-0.4, -0.2) is 36.7 Å². The van der Waals surface area contributed by atoms with E-state index in [2.05, 4.69) is 16.6 Å². The molecule has 4 atom stereocenters. The highest BCUT2D eigenvalue weighted by Gasteiger charge is 2.46. The highest BCUT2D eigenvalue weighted by atomic mass is 16.6. The van der Waals surface area contributed by atoms with Crippen molar-refractivity contribution in [2.75, 3.05) is 6.54 Å². The van der Waals surface area contributed by atoms with Crippen molar-refractivity contribution in [1.29, 1.82) is 0 Å². The second-order valence-electron chi connectivity index (χ2n) is 7.38. The highest BCUT2D eigenvalue weighted by molar-refractivity contribution is 5.80. The summed E-state index contributed by atoms with van der Waals surface area (Å²) in [6.07, 6.45) is 0.0914. The summed E-state index contributed by atoms with van der Waals surface area (Å²) < 4.78 is 18.5. The van der Waals surface area contributed by atoms with Crippen LogP contribution in [0.5, 0.6) is 0 Å². The zero-order valence-corrected chi connectivity index (χ0v) is 17.4. The third kappa shape index (κ3) is 6.77. The summed E-state index contributed by atoms with van der Waals surface area (Å²) in [5, 5.41) is 3.68. The van der Waals surface area contributed by atoms with E-state index in [4.69, 9.17) is 19.7 Å². The molecule has 1 heterocycles. The van der Waals surface area contributed by atoms with Gasteiger partial charge in [-0.3, -0.25) is 4.79 Å². The lowest BCUT2D eigenvalue weighted by atomic mass is 10.0. The van der Waals surface area contributed by atoms with Crippen molar-refractivity contribution in [1.82, 2.24) is 0 Å². The Morgan fingerprint density at radius 3 is 2.06 bits per heavy atom. The SMILES string of the molecule is C=CCC(=O)C[C@H]1O[C@H](CN=[N+]=[N-])[C@@H](OCc2ccccc2)[C@@H]1OCc1ccccc1. The molecular weight excluding hydrogens is 394 g/mol. The minimum atomic E-state index is -0.498. The molecule has 1 aliphatic rings. The van der Waals surface area contributed by atoms with E-state index in [1.165, 1.54) is 0 Å². The summed E-state index contributed by atoms with van der Waals surface area (Å²) in [5.41, 5.74) is 10.8. The Hall–Kier alpha value is -2.96. The standard InChI is InChI=1S/C24H27N3O4/c1-2-9-20(28)14-21-23(29-16-18-10-5-3-6-11-18)24(22(31-21)15-26-27-25)30-17-19-12-7-4-8-13-19/h2-8,10-13,21-24H,1,9,14-17H2/t21-,22-,23-,24-/m1/s1. The van der Waals surface area contributed by atoms with Gasteiger partial charge in [-0.2, -0.15) is 0 Å². The molecule has 0 radical (unpaired) electrons. The lowest BCUT2D eigenvalue weighted by molar-refractivity contribution is -0.123. The first kappa shape index (κ1) is 22.7. The molecule has 0 unspecified atom stereocenters. The van der Waals surface area contributed by atoms with Gasteiger partial charge in [-0.1, -0.05) is 71.9 Å². The highest BCUT2D eigenvalue weighted by Crippen LogP contribution is 2.31. The van der Waals surface area contributed by atoms with Crippen molar-refractivity contribution >= 4 is 5.78 Å².